The van der Waals surface area contributed by atoms with E-state index >= 15 is 0 Å². The maximum Gasteiger partial charge on any atom is 0.212 e. The van der Waals surface area contributed by atoms with Crippen LogP contribution in [0, 0.1) is 0 Å². The third-order valence-corrected chi connectivity index (χ3v) is 3.26. The molecule has 0 spiro atoms. The summed E-state index contributed by atoms with van der Waals surface area (Å²) in [6, 6.07) is 7.28. The van der Waals surface area contributed by atoms with Gasteiger partial charge in [-0.25, -0.2) is 4.98 Å². The number of halogens is 1. The van der Waals surface area contributed by atoms with E-state index in [1.165, 1.54) is 0 Å². The van der Waals surface area contributed by atoms with Gasteiger partial charge in [0.05, 0.1) is 32.0 Å². The van der Waals surface area contributed by atoms with Crippen molar-refractivity contribution in [3.63, 3.8) is 0 Å². The minimum atomic E-state index is 0.506. The van der Waals surface area contributed by atoms with Crippen LogP contribution in [0.5, 0.6) is 17.4 Å². The highest BCUT2D eigenvalue weighted by Crippen LogP contribution is 2.36. The van der Waals surface area contributed by atoms with Gasteiger partial charge in [0, 0.05) is 30.9 Å². The summed E-state index contributed by atoms with van der Waals surface area (Å²) in [5.41, 5.74) is 1.82. The number of rotatable bonds is 6. The maximum atomic E-state index is 6.07. The zero-order valence-electron chi connectivity index (χ0n) is 12.1. The number of nitrogens with one attached hydrogen (secondary N) is 1. The number of methoxy groups -OCH3 is 3. The quantitative estimate of drug-likeness (QED) is 0.886. The Labute approximate surface area is 128 Å². The Balaban J connectivity index is 2.14. The minimum absolute atomic E-state index is 0.506. The topological polar surface area (TPSA) is 52.6 Å². The first-order valence-electron chi connectivity index (χ1n) is 6.32. The van der Waals surface area contributed by atoms with Gasteiger partial charge in [-0.1, -0.05) is 17.7 Å². The molecule has 0 aliphatic carbocycles. The Morgan fingerprint density at radius 2 is 1.81 bits per heavy atom. The molecule has 2 aromatic rings. The highest BCUT2D eigenvalue weighted by molar-refractivity contribution is 6.32. The smallest absolute Gasteiger partial charge is 0.212 e. The summed E-state index contributed by atoms with van der Waals surface area (Å²) in [4.78, 5) is 4.16. The minimum Gasteiger partial charge on any atom is -0.495 e. The SMILES string of the molecule is COc1ccc(CNc2cc(OC)c(Cl)cc2OC)cn1. The fraction of sp³-hybridized carbons (Fsp3) is 0.267. The third-order valence-electron chi connectivity index (χ3n) is 2.96. The van der Waals surface area contributed by atoms with Crippen LogP contribution >= 0.6 is 11.6 Å². The van der Waals surface area contributed by atoms with E-state index in [2.05, 4.69) is 10.3 Å². The van der Waals surface area contributed by atoms with Crippen LogP contribution in [-0.2, 0) is 6.54 Å². The first-order chi connectivity index (χ1) is 10.2. The standard InChI is InChI=1S/C15H17ClN2O3/c1-19-13-7-12(14(20-2)6-11(13)16)17-8-10-4-5-15(21-3)18-9-10/h4-7,9,17H,8H2,1-3H3. The van der Waals surface area contributed by atoms with E-state index in [-0.39, 0.29) is 0 Å². The van der Waals surface area contributed by atoms with E-state index in [4.69, 9.17) is 25.8 Å². The fourth-order valence-electron chi connectivity index (χ4n) is 1.83. The molecule has 0 saturated carbocycles. The summed E-state index contributed by atoms with van der Waals surface area (Å²) >= 11 is 6.07. The van der Waals surface area contributed by atoms with Crippen LogP contribution in [0.4, 0.5) is 5.69 Å². The summed E-state index contributed by atoms with van der Waals surface area (Å²) in [6.45, 7) is 0.595. The molecule has 0 unspecified atom stereocenters. The maximum absolute atomic E-state index is 6.07. The molecule has 0 saturated heterocycles. The van der Waals surface area contributed by atoms with Gasteiger partial charge in [-0.3, -0.25) is 0 Å². The number of hydrogen-bond donors (Lipinski definition) is 1. The number of benzene rings is 1. The van der Waals surface area contributed by atoms with E-state index in [1.54, 1.807) is 39.7 Å². The summed E-state index contributed by atoms with van der Waals surface area (Å²) in [5, 5.41) is 3.78. The van der Waals surface area contributed by atoms with E-state index < -0.39 is 0 Å². The van der Waals surface area contributed by atoms with Crippen molar-refractivity contribution < 1.29 is 14.2 Å². The fourth-order valence-corrected chi connectivity index (χ4v) is 2.06. The molecule has 2 rings (SSSR count). The van der Waals surface area contributed by atoms with Crippen molar-refractivity contribution in [3.05, 3.63) is 41.0 Å². The van der Waals surface area contributed by atoms with Gasteiger partial charge in [0.25, 0.3) is 0 Å². The molecule has 6 heteroatoms. The number of nitrogens with zero attached hydrogens (tertiary/aromatic N) is 1. The molecule has 0 atom stereocenters. The average Bonchev–Trinajstić information content (AvgIpc) is 2.53. The van der Waals surface area contributed by atoms with Crippen LogP contribution in [0.1, 0.15) is 5.56 Å². The Bertz CT molecular complexity index is 603. The second kappa shape index (κ2) is 7.04. The lowest BCUT2D eigenvalue weighted by Crippen LogP contribution is -2.02. The zero-order valence-corrected chi connectivity index (χ0v) is 12.9. The van der Waals surface area contributed by atoms with Crippen LogP contribution in [0.25, 0.3) is 0 Å². The molecular formula is C15H17ClN2O3. The molecular weight excluding hydrogens is 292 g/mol. The summed E-state index contributed by atoms with van der Waals surface area (Å²) in [7, 11) is 4.76. The van der Waals surface area contributed by atoms with Gasteiger partial charge >= 0.3 is 0 Å². The Hall–Kier alpha value is -2.14. The highest BCUT2D eigenvalue weighted by atomic mass is 35.5. The summed E-state index contributed by atoms with van der Waals surface area (Å²) in [6.07, 6.45) is 1.76. The molecule has 0 aliphatic heterocycles. The summed E-state index contributed by atoms with van der Waals surface area (Å²) in [5.74, 6) is 1.83. The lowest BCUT2D eigenvalue weighted by atomic mass is 10.2. The Kier molecular flexibility index (Phi) is 5.11. The van der Waals surface area contributed by atoms with E-state index in [9.17, 15) is 0 Å². The van der Waals surface area contributed by atoms with Crippen LogP contribution < -0.4 is 19.5 Å². The van der Waals surface area contributed by atoms with Crippen LogP contribution in [0.3, 0.4) is 0 Å². The van der Waals surface area contributed by atoms with Crippen molar-refractivity contribution in [2.24, 2.45) is 0 Å². The second-order valence-corrected chi connectivity index (χ2v) is 4.66. The predicted octanol–water partition coefficient (Wildman–Crippen LogP) is 3.37. The van der Waals surface area contributed by atoms with Crippen molar-refractivity contribution >= 4 is 17.3 Å². The lowest BCUT2D eigenvalue weighted by Gasteiger charge is -2.14. The van der Waals surface area contributed by atoms with Gasteiger partial charge in [-0.15, -0.1) is 0 Å². The summed E-state index contributed by atoms with van der Waals surface area (Å²) < 4.78 is 15.6. The number of pyridine rings is 1. The number of ether oxygens (including phenoxy) is 3. The molecule has 0 amide bonds. The monoisotopic (exact) mass is 308 g/mol. The normalized spacial score (nSPS) is 10.1. The lowest BCUT2D eigenvalue weighted by molar-refractivity contribution is 0.397. The van der Waals surface area contributed by atoms with Gasteiger partial charge in [0.15, 0.2) is 0 Å². The van der Waals surface area contributed by atoms with E-state index in [0.717, 1.165) is 11.3 Å². The average molecular weight is 309 g/mol. The zero-order chi connectivity index (χ0) is 15.2. The van der Waals surface area contributed by atoms with E-state index in [0.29, 0.717) is 28.9 Å². The highest BCUT2D eigenvalue weighted by Gasteiger charge is 2.09. The van der Waals surface area contributed by atoms with Gasteiger partial charge in [-0.2, -0.15) is 0 Å². The molecule has 1 aromatic carbocycles. The Morgan fingerprint density at radius 1 is 1.05 bits per heavy atom. The molecule has 1 aromatic heterocycles. The van der Waals surface area contributed by atoms with Gasteiger partial charge in [-0.05, 0) is 5.56 Å². The van der Waals surface area contributed by atoms with Crippen molar-refractivity contribution in [2.75, 3.05) is 26.6 Å². The van der Waals surface area contributed by atoms with Crippen molar-refractivity contribution in [1.82, 2.24) is 4.98 Å². The largest absolute Gasteiger partial charge is 0.495 e. The van der Waals surface area contributed by atoms with Gasteiger partial charge in [0.1, 0.15) is 11.5 Å². The molecule has 112 valence electrons. The van der Waals surface area contributed by atoms with Gasteiger partial charge in [0.2, 0.25) is 5.88 Å². The van der Waals surface area contributed by atoms with Crippen molar-refractivity contribution in [3.8, 4) is 17.4 Å². The third kappa shape index (κ3) is 3.70. The number of hydrogen-bond acceptors (Lipinski definition) is 5. The van der Waals surface area contributed by atoms with Crippen molar-refractivity contribution in [2.45, 2.75) is 6.54 Å². The molecule has 1 heterocycles. The molecule has 5 nitrogen and oxygen atoms in total. The molecule has 0 bridgehead atoms. The van der Waals surface area contributed by atoms with Crippen LogP contribution in [0.2, 0.25) is 5.02 Å². The van der Waals surface area contributed by atoms with Gasteiger partial charge < -0.3 is 19.5 Å². The molecule has 0 aliphatic rings. The number of anilines is 1. The first-order valence-corrected chi connectivity index (χ1v) is 6.70. The van der Waals surface area contributed by atoms with E-state index in [1.807, 2.05) is 12.1 Å². The molecule has 1 N–H and O–H groups in total. The molecule has 0 fully saturated rings. The van der Waals surface area contributed by atoms with Crippen LogP contribution in [-0.4, -0.2) is 26.3 Å². The predicted molar refractivity (Wildman–Crippen MR) is 82.7 cm³/mol. The molecule has 0 radical (unpaired) electrons. The second-order valence-electron chi connectivity index (χ2n) is 4.25. The Morgan fingerprint density at radius 3 is 2.38 bits per heavy atom. The first kappa shape index (κ1) is 15.3. The number of aromatic nitrogens is 1. The molecule has 21 heavy (non-hydrogen) atoms. The van der Waals surface area contributed by atoms with Crippen LogP contribution in [0.15, 0.2) is 30.5 Å². The van der Waals surface area contributed by atoms with Crippen molar-refractivity contribution in [1.29, 1.82) is 0 Å².